The number of rotatable bonds is 0. The fraction of sp³-hybridized carbons (Fsp3) is 1.00. The van der Waals surface area contributed by atoms with Gasteiger partial charge in [-0.1, -0.05) is 6.92 Å². The van der Waals surface area contributed by atoms with E-state index in [1.165, 1.54) is 0 Å². The van der Waals surface area contributed by atoms with Crippen molar-refractivity contribution in [2.45, 2.75) is 31.9 Å². The van der Waals surface area contributed by atoms with Gasteiger partial charge in [-0.15, -0.1) is 0 Å². The highest BCUT2D eigenvalue weighted by atomic mass is 16.3. The smallest absolute Gasteiger partial charge is 0.0716 e. The molecule has 1 rings (SSSR count). The molecular formula is C6H13NO. The Hall–Kier alpha value is -0.0800. The third kappa shape index (κ3) is 0.858. The molecular weight excluding hydrogens is 102 g/mol. The fourth-order valence-electron chi connectivity index (χ4n) is 1.22. The monoisotopic (exact) mass is 115 g/mol. The van der Waals surface area contributed by atoms with Crippen LogP contribution < -0.4 is 5.73 Å². The molecule has 0 heterocycles. The molecule has 0 bridgehead atoms. The average Bonchev–Trinajstić information content (AvgIpc) is 1.98. The van der Waals surface area contributed by atoms with Gasteiger partial charge in [-0.3, -0.25) is 0 Å². The summed E-state index contributed by atoms with van der Waals surface area (Å²) in [6.45, 7) is 2.04. The number of aliphatic hydroxyl groups is 1. The van der Waals surface area contributed by atoms with Crippen molar-refractivity contribution in [3.8, 4) is 0 Å². The van der Waals surface area contributed by atoms with Crippen LogP contribution in [0.5, 0.6) is 0 Å². The molecule has 1 aliphatic rings. The fourth-order valence-corrected chi connectivity index (χ4v) is 1.22. The zero-order valence-electron chi connectivity index (χ0n) is 5.17. The van der Waals surface area contributed by atoms with E-state index in [2.05, 4.69) is 0 Å². The quantitative estimate of drug-likeness (QED) is 0.470. The average molecular weight is 115 g/mol. The van der Waals surface area contributed by atoms with Gasteiger partial charge in [0.2, 0.25) is 0 Å². The van der Waals surface area contributed by atoms with Crippen LogP contribution in [0.4, 0.5) is 0 Å². The largest absolute Gasteiger partial charge is 0.391 e. The van der Waals surface area contributed by atoms with E-state index in [0.29, 0.717) is 5.92 Å². The van der Waals surface area contributed by atoms with E-state index >= 15 is 0 Å². The van der Waals surface area contributed by atoms with E-state index in [0.717, 1.165) is 12.8 Å². The molecule has 0 radical (unpaired) electrons. The van der Waals surface area contributed by atoms with Crippen LogP contribution in [-0.4, -0.2) is 17.3 Å². The molecule has 8 heavy (non-hydrogen) atoms. The summed E-state index contributed by atoms with van der Waals surface area (Å²) in [5.74, 6) is 0.421. The molecule has 2 heteroatoms. The third-order valence-electron chi connectivity index (χ3n) is 1.98. The molecule has 0 spiro atoms. The molecule has 0 saturated heterocycles. The van der Waals surface area contributed by atoms with Crippen LogP contribution in [0.3, 0.4) is 0 Å². The van der Waals surface area contributed by atoms with E-state index in [9.17, 15) is 0 Å². The van der Waals surface area contributed by atoms with Gasteiger partial charge < -0.3 is 10.8 Å². The van der Waals surface area contributed by atoms with Crippen LogP contribution in [0.25, 0.3) is 0 Å². The number of hydrogen-bond donors (Lipinski definition) is 2. The first-order valence-corrected chi connectivity index (χ1v) is 3.15. The van der Waals surface area contributed by atoms with Crippen molar-refractivity contribution in [3.05, 3.63) is 0 Å². The van der Waals surface area contributed by atoms with Gasteiger partial charge in [0.1, 0.15) is 0 Å². The first-order chi connectivity index (χ1) is 3.72. The van der Waals surface area contributed by atoms with Gasteiger partial charge in [0, 0.05) is 6.04 Å². The van der Waals surface area contributed by atoms with Crippen molar-refractivity contribution in [2.75, 3.05) is 0 Å². The van der Waals surface area contributed by atoms with Gasteiger partial charge in [-0.05, 0) is 18.8 Å². The molecule has 3 N–H and O–H groups in total. The summed E-state index contributed by atoms with van der Waals surface area (Å²) >= 11 is 0. The lowest BCUT2D eigenvalue weighted by Crippen LogP contribution is -2.31. The Morgan fingerprint density at radius 2 is 2.12 bits per heavy atom. The molecule has 1 aliphatic carbocycles. The third-order valence-corrected chi connectivity index (χ3v) is 1.98. The highest BCUT2D eigenvalue weighted by Gasteiger charge is 2.28. The van der Waals surface area contributed by atoms with Crippen LogP contribution in [0.1, 0.15) is 19.8 Å². The Balaban J connectivity index is 2.44. The summed E-state index contributed by atoms with van der Waals surface area (Å²) in [6.07, 6.45) is 1.83. The molecule has 0 aliphatic heterocycles. The second kappa shape index (κ2) is 2.03. The maximum Gasteiger partial charge on any atom is 0.0716 e. The molecule has 1 fully saturated rings. The van der Waals surface area contributed by atoms with Gasteiger partial charge in [0.15, 0.2) is 0 Å². The van der Waals surface area contributed by atoms with Gasteiger partial charge in [0.25, 0.3) is 0 Å². The number of aliphatic hydroxyl groups excluding tert-OH is 1. The molecule has 0 aromatic heterocycles. The Morgan fingerprint density at radius 1 is 1.50 bits per heavy atom. The Labute approximate surface area is 49.7 Å². The minimum absolute atomic E-state index is 0.0463. The predicted octanol–water partition coefficient (Wildman–Crippen LogP) is 0.104. The number of hydrogen-bond acceptors (Lipinski definition) is 2. The summed E-state index contributed by atoms with van der Waals surface area (Å²) in [4.78, 5) is 0. The second-order valence-electron chi connectivity index (χ2n) is 2.71. The van der Waals surface area contributed by atoms with Crippen molar-refractivity contribution < 1.29 is 5.11 Å². The first-order valence-electron chi connectivity index (χ1n) is 3.15. The van der Waals surface area contributed by atoms with Crippen molar-refractivity contribution in [2.24, 2.45) is 11.7 Å². The Morgan fingerprint density at radius 3 is 2.25 bits per heavy atom. The van der Waals surface area contributed by atoms with Crippen molar-refractivity contribution in [1.82, 2.24) is 0 Å². The Bertz CT molecular complexity index is 74.6. The topological polar surface area (TPSA) is 46.2 Å². The summed E-state index contributed by atoms with van der Waals surface area (Å²) in [5.41, 5.74) is 5.52. The molecule has 0 amide bonds. The van der Waals surface area contributed by atoms with Gasteiger partial charge in [-0.2, -0.15) is 0 Å². The Kier molecular flexibility index (Phi) is 1.54. The van der Waals surface area contributed by atoms with Gasteiger partial charge >= 0.3 is 0 Å². The van der Waals surface area contributed by atoms with E-state index in [-0.39, 0.29) is 12.1 Å². The van der Waals surface area contributed by atoms with E-state index < -0.39 is 0 Å². The molecule has 0 aromatic carbocycles. The summed E-state index contributed by atoms with van der Waals surface area (Å²) in [7, 11) is 0. The zero-order chi connectivity index (χ0) is 6.15. The lowest BCUT2D eigenvalue weighted by Gasteiger charge is -2.10. The molecule has 1 saturated carbocycles. The lowest BCUT2D eigenvalue weighted by atomic mass is 10.1. The molecule has 3 atom stereocenters. The number of nitrogens with two attached hydrogens (primary N) is 1. The molecule has 48 valence electrons. The minimum atomic E-state index is -0.241. The maximum atomic E-state index is 9.14. The van der Waals surface area contributed by atoms with E-state index in [1.807, 2.05) is 6.92 Å². The van der Waals surface area contributed by atoms with Gasteiger partial charge in [-0.25, -0.2) is 0 Å². The van der Waals surface area contributed by atoms with Crippen molar-refractivity contribution in [1.29, 1.82) is 0 Å². The predicted molar refractivity (Wildman–Crippen MR) is 32.4 cm³/mol. The molecule has 2 nitrogen and oxygen atoms in total. The van der Waals surface area contributed by atoms with Crippen LogP contribution in [0.2, 0.25) is 0 Å². The first kappa shape index (κ1) is 6.05. The normalized spacial score (nSPS) is 47.6. The molecule has 0 unspecified atom stereocenters. The summed E-state index contributed by atoms with van der Waals surface area (Å²) in [6, 6.07) is 0.0463. The zero-order valence-corrected chi connectivity index (χ0v) is 5.17. The van der Waals surface area contributed by atoms with E-state index in [4.69, 9.17) is 10.8 Å². The van der Waals surface area contributed by atoms with Gasteiger partial charge in [0.05, 0.1) is 6.10 Å². The highest BCUT2D eigenvalue weighted by molar-refractivity contribution is 4.84. The van der Waals surface area contributed by atoms with Crippen molar-refractivity contribution in [3.63, 3.8) is 0 Å². The minimum Gasteiger partial charge on any atom is -0.391 e. The van der Waals surface area contributed by atoms with E-state index in [1.54, 1.807) is 0 Å². The standard InChI is InChI=1S/C6H13NO/c1-4-2-3-5(7)6(4)8/h4-6,8H,2-3,7H2,1H3/t4-,5+,6+/m0/s1. The summed E-state index contributed by atoms with van der Waals surface area (Å²) in [5, 5.41) is 9.14. The molecule has 0 aromatic rings. The van der Waals surface area contributed by atoms with Crippen LogP contribution >= 0.6 is 0 Å². The van der Waals surface area contributed by atoms with Crippen LogP contribution in [0.15, 0.2) is 0 Å². The van der Waals surface area contributed by atoms with Crippen LogP contribution in [0, 0.1) is 5.92 Å². The van der Waals surface area contributed by atoms with Crippen LogP contribution in [-0.2, 0) is 0 Å². The summed E-state index contributed by atoms with van der Waals surface area (Å²) < 4.78 is 0. The second-order valence-corrected chi connectivity index (χ2v) is 2.71. The van der Waals surface area contributed by atoms with Crippen molar-refractivity contribution >= 4 is 0 Å². The highest BCUT2D eigenvalue weighted by Crippen LogP contribution is 2.23. The lowest BCUT2D eigenvalue weighted by molar-refractivity contribution is 0.126. The SMILES string of the molecule is C[C@H]1CC[C@@H](N)[C@@H]1O. The maximum absolute atomic E-state index is 9.14.